The van der Waals surface area contributed by atoms with Crippen molar-refractivity contribution in [1.29, 1.82) is 0 Å². The normalized spacial score (nSPS) is 7.71. The van der Waals surface area contributed by atoms with Gasteiger partial charge in [0.2, 0.25) is 0 Å². The molecule has 0 bridgehead atoms. The van der Waals surface area contributed by atoms with Crippen LogP contribution in [0, 0.1) is 51.5 Å². The number of thioether (sulfide) groups is 1. The minimum atomic E-state index is -4.53. The fourth-order valence-electron chi connectivity index (χ4n) is 1.15. The molecule has 0 radical (unpaired) electrons. The number of hydrogen-bond acceptors (Lipinski definition) is 1. The molecule has 31 heavy (non-hydrogen) atoms. The van der Waals surface area contributed by atoms with Crippen molar-refractivity contribution in [1.82, 2.24) is 0 Å². The Morgan fingerprint density at radius 2 is 1.16 bits per heavy atom. The van der Waals surface area contributed by atoms with E-state index in [0.29, 0.717) is 17.1 Å². The van der Waals surface area contributed by atoms with E-state index in [4.69, 9.17) is 27.9 Å². The average Bonchev–Trinajstić information content (AvgIpc) is 2.81. The number of halogens is 4. The summed E-state index contributed by atoms with van der Waals surface area (Å²) in [5.74, 6) is 0. The van der Waals surface area contributed by atoms with Gasteiger partial charge in [-0.3, -0.25) is 0 Å². The van der Waals surface area contributed by atoms with Gasteiger partial charge in [0.15, 0.2) is 0 Å². The molecule has 1 aromatic carbocycles. The predicted molar refractivity (Wildman–Crippen MR) is 88.6 cm³/mol. The summed E-state index contributed by atoms with van der Waals surface area (Å²) in [6, 6.07) is 8.46. The standard InChI is InChI=1S/C11H9F4PS.6CO.2Fe/c1-17-10(11(13,14)15)9(7-12)16-8-5-3-2-4-6-8;6*1-2;;/h2-6,16H,1H3;;;;;;;;/q-2;;;;;;;;. The Morgan fingerprint density at radius 3 is 1.39 bits per heavy atom. The van der Waals surface area contributed by atoms with Crippen LogP contribution >= 0.6 is 20.3 Å². The Bertz CT molecular complexity index is 586. The molecule has 6 nitrogen and oxygen atoms in total. The van der Waals surface area contributed by atoms with Crippen molar-refractivity contribution in [3.05, 3.63) is 87.1 Å². The second-order valence-corrected chi connectivity index (χ2v) is 5.14. The predicted octanol–water partition coefficient (Wildman–Crippen LogP) is 3.83. The zero-order valence-electron chi connectivity index (χ0n) is 15.0. The van der Waals surface area contributed by atoms with Crippen molar-refractivity contribution < 1.29 is 79.6 Å². The van der Waals surface area contributed by atoms with Crippen LogP contribution in [0.5, 0.6) is 0 Å². The third-order valence-corrected chi connectivity index (χ3v) is 4.07. The van der Waals surface area contributed by atoms with E-state index in [2.05, 4.69) is 39.9 Å². The fourth-order valence-corrected chi connectivity index (χ4v) is 3.03. The van der Waals surface area contributed by atoms with Gasteiger partial charge in [-0.2, -0.15) is 0 Å². The second-order valence-electron chi connectivity index (χ2n) is 2.99. The van der Waals surface area contributed by atoms with Gasteiger partial charge in [0, 0.05) is 34.1 Å². The maximum Gasteiger partial charge on any atom is 0 e. The van der Waals surface area contributed by atoms with Gasteiger partial charge in [-0.15, -0.1) is 8.58 Å². The summed E-state index contributed by atoms with van der Waals surface area (Å²) in [5, 5.41) is -0.721. The summed E-state index contributed by atoms with van der Waals surface area (Å²) in [6.45, 7) is 27.0. The molecular formula is C17H9F4Fe2O6PS-2. The first-order chi connectivity index (χ1) is 14.0. The van der Waals surface area contributed by atoms with Crippen molar-refractivity contribution in [3.63, 3.8) is 0 Å². The van der Waals surface area contributed by atoms with Gasteiger partial charge in [-0.05, 0) is 11.6 Å². The van der Waals surface area contributed by atoms with Gasteiger partial charge < -0.3 is 27.8 Å². The molecule has 1 atom stereocenters. The summed E-state index contributed by atoms with van der Waals surface area (Å²) < 4.78 is 95.2. The van der Waals surface area contributed by atoms with Gasteiger partial charge in [0.1, 0.15) is 0 Å². The molecule has 0 aromatic heterocycles. The minimum Gasteiger partial charge on any atom is 0 e. The van der Waals surface area contributed by atoms with Crippen molar-refractivity contribution in [3.8, 4) is 0 Å². The van der Waals surface area contributed by atoms with Crippen molar-refractivity contribution in [2.45, 2.75) is 6.18 Å². The van der Waals surface area contributed by atoms with Crippen LogP contribution in [-0.4, -0.2) is 12.4 Å². The summed E-state index contributed by atoms with van der Waals surface area (Å²) in [6.07, 6.45) is -2.10. The van der Waals surface area contributed by atoms with Gasteiger partial charge >= 0.3 is 67.8 Å². The summed E-state index contributed by atoms with van der Waals surface area (Å²) >= 11 is 0.488. The molecule has 14 heteroatoms. The molecule has 0 aliphatic rings. The third-order valence-electron chi connectivity index (χ3n) is 1.83. The Kier molecular flexibility index (Phi) is 78.6. The molecule has 1 aromatic rings. The summed E-state index contributed by atoms with van der Waals surface area (Å²) in [5.41, 5.74) is 0. The zero-order chi connectivity index (χ0) is 24.9. The Hall–Kier alpha value is -1.19. The second kappa shape index (κ2) is 46.8. The van der Waals surface area contributed by atoms with Crippen molar-refractivity contribution in [2.75, 3.05) is 6.26 Å². The van der Waals surface area contributed by atoms with Gasteiger partial charge in [0.25, 0.3) is 6.18 Å². The summed E-state index contributed by atoms with van der Waals surface area (Å²) in [4.78, 5) is 0. The molecule has 1 unspecified atom stereocenters. The van der Waals surface area contributed by atoms with Crippen LogP contribution in [-0.2, 0) is 62.1 Å². The molecule has 1 rings (SSSR count). The van der Waals surface area contributed by atoms with Crippen molar-refractivity contribution in [2.24, 2.45) is 0 Å². The molecule has 0 aliphatic heterocycles. The van der Waals surface area contributed by atoms with Crippen LogP contribution in [0.4, 0.5) is 17.6 Å². The van der Waals surface area contributed by atoms with E-state index < -0.39 is 25.3 Å². The first-order valence-corrected chi connectivity index (χ1v) is 7.98. The minimum absolute atomic E-state index is 0. The smallest absolute Gasteiger partial charge is 0 e. The topological polar surface area (TPSA) is 119 Å². The zero-order valence-corrected chi connectivity index (χ0v) is 19.0. The Morgan fingerprint density at radius 1 is 0.839 bits per heavy atom. The van der Waals surface area contributed by atoms with Crippen LogP contribution in [0.25, 0.3) is 0 Å². The Labute approximate surface area is 204 Å². The largest absolute Gasteiger partial charge is 0 e. The van der Waals surface area contributed by atoms with E-state index in [-0.39, 0.29) is 34.1 Å². The van der Waals surface area contributed by atoms with E-state index >= 15 is 0 Å². The average molecular weight is 560 g/mol. The van der Waals surface area contributed by atoms with Gasteiger partial charge in [0.05, 0.1) is 0 Å². The Balaban J connectivity index is -0.0000000545. The maximum atomic E-state index is 12.6. The first-order valence-electron chi connectivity index (χ1n) is 5.75. The van der Waals surface area contributed by atoms with Crippen LogP contribution < -0.4 is 5.30 Å². The molecule has 0 spiro atoms. The van der Waals surface area contributed by atoms with Crippen LogP contribution in [0.15, 0.2) is 35.6 Å². The number of rotatable bonds is 4. The third kappa shape index (κ3) is 33.6. The molecular weight excluding hydrogens is 551 g/mol. The van der Waals surface area contributed by atoms with Crippen molar-refractivity contribution >= 4 is 25.6 Å². The maximum absolute atomic E-state index is 12.6. The van der Waals surface area contributed by atoms with E-state index in [0.717, 1.165) is 6.33 Å². The number of alkyl halides is 3. The molecule has 0 N–H and O–H groups in total. The van der Waals surface area contributed by atoms with Crippen LogP contribution in [0.3, 0.4) is 0 Å². The van der Waals surface area contributed by atoms with E-state index in [1.165, 1.54) is 6.26 Å². The van der Waals surface area contributed by atoms with Gasteiger partial charge in [-0.25, -0.2) is 18.4 Å². The molecule has 0 saturated carbocycles. The van der Waals surface area contributed by atoms with Gasteiger partial charge in [-0.1, -0.05) is 30.3 Å². The number of hydrogen-bond donors (Lipinski definition) is 0. The monoisotopic (exact) mass is 560 g/mol. The molecule has 0 saturated heterocycles. The molecule has 0 aliphatic carbocycles. The quantitative estimate of drug-likeness (QED) is 0.180. The van der Waals surface area contributed by atoms with E-state index in [1.807, 2.05) is 0 Å². The molecule has 0 heterocycles. The van der Waals surface area contributed by atoms with Crippen LogP contribution in [0.1, 0.15) is 0 Å². The fraction of sp³-hybridized carbons (Fsp3) is 0.118. The van der Waals surface area contributed by atoms with Crippen LogP contribution in [0.2, 0.25) is 0 Å². The SMILES string of the molecule is CS[C-](C(=[C-]F)Pc1ccccc1)C(F)(F)F.[C-]#[O+].[C-]#[O+].[C-]#[O+].[C-]#[O+].[C-]#[O+].[C-]#[O+].[Fe].[Fe]. The summed E-state index contributed by atoms with van der Waals surface area (Å²) in [7, 11) is -0.391. The molecule has 170 valence electrons. The molecule has 0 fully saturated rings. The van der Waals surface area contributed by atoms with E-state index in [1.54, 1.807) is 30.3 Å². The molecule has 0 amide bonds. The number of benzene rings is 1. The van der Waals surface area contributed by atoms with E-state index in [9.17, 15) is 17.6 Å². The first kappa shape index (κ1) is 52.0.